The Bertz CT molecular complexity index is 1320. The number of hydrogen-bond donors (Lipinski definition) is 0. The lowest BCUT2D eigenvalue weighted by Crippen LogP contribution is -2.24. The Morgan fingerprint density at radius 1 is 0.640 bits per heavy atom. The summed E-state index contributed by atoms with van der Waals surface area (Å²) < 4.78 is 104. The van der Waals surface area contributed by atoms with Gasteiger partial charge in [0.1, 0.15) is 19.0 Å². The van der Waals surface area contributed by atoms with Crippen molar-refractivity contribution in [1.82, 2.24) is 0 Å². The van der Waals surface area contributed by atoms with Crippen LogP contribution < -0.4 is 14.2 Å². The molecule has 2 aliphatic carbocycles. The molecule has 0 spiro atoms. The largest absolute Gasteiger partial charge is 0.490 e. The molecule has 0 bridgehead atoms. The van der Waals surface area contributed by atoms with Crippen LogP contribution in [0.25, 0.3) is 0 Å². The van der Waals surface area contributed by atoms with Crippen LogP contribution in [0.1, 0.15) is 116 Å². The normalized spacial score (nSPS) is 22.4. The van der Waals surface area contributed by atoms with Gasteiger partial charge in [-0.25, -0.2) is 13.2 Å². The molecule has 0 radical (unpaired) electrons. The molecule has 2 atom stereocenters. The first-order valence-electron chi connectivity index (χ1n) is 19.0. The number of alkyl halides is 2. The number of halogens is 6. The third-order valence-electron chi connectivity index (χ3n) is 10.5. The maximum Gasteiger partial charge on any atom is 0.204 e. The first-order chi connectivity index (χ1) is 24.2. The molecule has 2 aliphatic rings. The predicted molar refractivity (Wildman–Crippen MR) is 186 cm³/mol. The standard InChI is InChI=1S/C41H56F6O3/c1-3-5-7-8-28-9-11-29(12-10-28)13-14-30-15-17-31(18-16-30)34(43)23-25-49-35-20-19-32(38(44)39(35)45)26-33(42)27-50-37-22-21-36(40(46)41(37)47)48-24-6-4-2/h13-14,19-22,28-31,33-34H,3-12,15-18,23-27H2,1-2H3/b14-13+. The van der Waals surface area contributed by atoms with Gasteiger partial charge in [-0.1, -0.05) is 64.2 Å². The van der Waals surface area contributed by atoms with Gasteiger partial charge in [-0.05, 0) is 105 Å². The van der Waals surface area contributed by atoms with Crippen LogP contribution in [0.3, 0.4) is 0 Å². The highest BCUT2D eigenvalue weighted by atomic mass is 19.2. The second kappa shape index (κ2) is 20.9. The van der Waals surface area contributed by atoms with Gasteiger partial charge in [0.2, 0.25) is 17.5 Å². The minimum absolute atomic E-state index is 0.0718. The molecule has 0 N–H and O–H groups in total. The van der Waals surface area contributed by atoms with E-state index in [9.17, 15) is 22.0 Å². The number of rotatable bonds is 20. The van der Waals surface area contributed by atoms with Crippen LogP contribution in [0.5, 0.6) is 17.2 Å². The van der Waals surface area contributed by atoms with Crippen molar-refractivity contribution in [3.05, 3.63) is 65.2 Å². The molecule has 0 saturated heterocycles. The van der Waals surface area contributed by atoms with E-state index in [1.54, 1.807) is 0 Å². The van der Waals surface area contributed by atoms with Crippen LogP contribution in [0.15, 0.2) is 36.4 Å². The van der Waals surface area contributed by atoms with Gasteiger partial charge in [-0.3, -0.25) is 0 Å². The average Bonchev–Trinajstić information content (AvgIpc) is 3.12. The molecule has 0 heterocycles. The molecular formula is C41H56F6O3. The summed E-state index contributed by atoms with van der Waals surface area (Å²) >= 11 is 0. The SMILES string of the molecule is CCCCCC1CCC(/C=C/C2CCC(C(F)CCOc3ccc(CC(F)COc4ccc(OCCCC)c(F)c4F)c(F)c3F)CC2)CC1. The van der Waals surface area contributed by atoms with Crippen molar-refractivity contribution in [3.8, 4) is 17.2 Å². The fourth-order valence-electron chi connectivity index (χ4n) is 7.26. The fourth-order valence-corrected chi connectivity index (χ4v) is 7.26. The van der Waals surface area contributed by atoms with Crippen LogP contribution >= 0.6 is 0 Å². The number of ether oxygens (including phenoxy) is 3. The Morgan fingerprint density at radius 2 is 1.18 bits per heavy atom. The monoisotopic (exact) mass is 710 g/mol. The lowest BCUT2D eigenvalue weighted by molar-refractivity contribution is 0.135. The van der Waals surface area contributed by atoms with E-state index < -0.39 is 54.4 Å². The average molecular weight is 711 g/mol. The Kier molecular flexibility index (Phi) is 16.7. The highest BCUT2D eigenvalue weighted by Crippen LogP contribution is 2.37. The van der Waals surface area contributed by atoms with E-state index in [0.29, 0.717) is 18.3 Å². The second-order valence-electron chi connectivity index (χ2n) is 14.3. The lowest BCUT2D eigenvalue weighted by atomic mass is 9.77. The molecule has 0 aromatic heterocycles. The van der Waals surface area contributed by atoms with Gasteiger partial charge in [0, 0.05) is 12.8 Å². The first kappa shape index (κ1) is 39.9. The number of benzene rings is 2. The summed E-state index contributed by atoms with van der Waals surface area (Å²) in [6.07, 6.45) is 17.0. The Labute approximate surface area is 295 Å². The molecule has 0 aliphatic heterocycles. The van der Waals surface area contributed by atoms with Crippen LogP contribution in [0.4, 0.5) is 26.3 Å². The van der Waals surface area contributed by atoms with E-state index in [0.717, 1.165) is 44.1 Å². The van der Waals surface area contributed by atoms with Crippen molar-refractivity contribution in [2.75, 3.05) is 19.8 Å². The van der Waals surface area contributed by atoms with E-state index in [1.165, 1.54) is 69.6 Å². The van der Waals surface area contributed by atoms with Crippen molar-refractivity contribution in [1.29, 1.82) is 0 Å². The topological polar surface area (TPSA) is 27.7 Å². The highest BCUT2D eigenvalue weighted by Gasteiger charge is 2.28. The van der Waals surface area contributed by atoms with Crippen molar-refractivity contribution in [2.24, 2.45) is 23.7 Å². The fraction of sp³-hybridized carbons (Fsp3) is 0.659. The highest BCUT2D eigenvalue weighted by molar-refractivity contribution is 5.35. The van der Waals surface area contributed by atoms with Gasteiger partial charge in [-0.15, -0.1) is 0 Å². The van der Waals surface area contributed by atoms with E-state index in [4.69, 9.17) is 14.2 Å². The molecule has 2 aromatic rings. The molecular weight excluding hydrogens is 654 g/mol. The predicted octanol–water partition coefficient (Wildman–Crippen LogP) is 12.2. The summed E-state index contributed by atoms with van der Waals surface area (Å²) in [6, 6.07) is 4.71. The van der Waals surface area contributed by atoms with Gasteiger partial charge < -0.3 is 14.2 Å². The maximum absolute atomic E-state index is 15.1. The summed E-state index contributed by atoms with van der Waals surface area (Å²) in [7, 11) is 0. The minimum Gasteiger partial charge on any atom is -0.490 e. The molecule has 2 aromatic carbocycles. The molecule has 3 nitrogen and oxygen atoms in total. The van der Waals surface area contributed by atoms with Crippen LogP contribution in [-0.2, 0) is 6.42 Å². The zero-order valence-electron chi connectivity index (χ0n) is 29.9. The van der Waals surface area contributed by atoms with Crippen molar-refractivity contribution in [2.45, 2.75) is 129 Å². The molecule has 0 amide bonds. The van der Waals surface area contributed by atoms with Crippen LogP contribution in [0, 0.1) is 46.9 Å². The van der Waals surface area contributed by atoms with Crippen LogP contribution in [-0.4, -0.2) is 32.2 Å². The van der Waals surface area contributed by atoms with E-state index in [-0.39, 0.29) is 42.6 Å². The smallest absolute Gasteiger partial charge is 0.204 e. The number of hydrogen-bond acceptors (Lipinski definition) is 3. The van der Waals surface area contributed by atoms with Gasteiger partial charge in [0.15, 0.2) is 23.1 Å². The summed E-state index contributed by atoms with van der Waals surface area (Å²) in [5, 5.41) is 0. The molecule has 9 heteroatoms. The summed E-state index contributed by atoms with van der Waals surface area (Å²) in [6.45, 7) is 3.59. The van der Waals surface area contributed by atoms with Crippen molar-refractivity contribution in [3.63, 3.8) is 0 Å². The molecule has 2 unspecified atom stereocenters. The Morgan fingerprint density at radius 3 is 1.80 bits per heavy atom. The number of allylic oxidation sites excluding steroid dienone is 2. The number of unbranched alkanes of at least 4 members (excludes halogenated alkanes) is 3. The van der Waals surface area contributed by atoms with Gasteiger partial charge >= 0.3 is 0 Å². The Balaban J connectivity index is 1.14. The lowest BCUT2D eigenvalue weighted by Gasteiger charge is -2.30. The third kappa shape index (κ3) is 12.1. The summed E-state index contributed by atoms with van der Waals surface area (Å²) in [5.74, 6) is -4.28. The van der Waals surface area contributed by atoms with Crippen LogP contribution in [0.2, 0.25) is 0 Å². The van der Waals surface area contributed by atoms with Crippen molar-refractivity contribution < 1.29 is 40.6 Å². The van der Waals surface area contributed by atoms with E-state index >= 15 is 4.39 Å². The van der Waals surface area contributed by atoms with E-state index in [2.05, 4.69) is 19.1 Å². The summed E-state index contributed by atoms with van der Waals surface area (Å²) in [5.41, 5.74) is -0.262. The zero-order chi connectivity index (χ0) is 35.9. The summed E-state index contributed by atoms with van der Waals surface area (Å²) in [4.78, 5) is 0. The molecule has 280 valence electrons. The minimum atomic E-state index is -1.84. The zero-order valence-corrected chi connectivity index (χ0v) is 29.9. The maximum atomic E-state index is 15.1. The molecule has 4 rings (SSSR count). The second-order valence-corrected chi connectivity index (χ2v) is 14.3. The molecule has 50 heavy (non-hydrogen) atoms. The molecule has 2 fully saturated rings. The quantitative estimate of drug-likeness (QED) is 0.0778. The van der Waals surface area contributed by atoms with Gasteiger partial charge in [-0.2, -0.15) is 13.2 Å². The third-order valence-corrected chi connectivity index (χ3v) is 10.5. The van der Waals surface area contributed by atoms with Gasteiger partial charge in [0.25, 0.3) is 0 Å². The van der Waals surface area contributed by atoms with Gasteiger partial charge in [0.05, 0.1) is 13.2 Å². The Hall–Kier alpha value is -2.84. The first-order valence-corrected chi connectivity index (χ1v) is 19.0. The van der Waals surface area contributed by atoms with Crippen molar-refractivity contribution >= 4 is 0 Å². The van der Waals surface area contributed by atoms with E-state index in [1.807, 2.05) is 6.92 Å². The molecule has 2 saturated carbocycles.